The van der Waals surface area contributed by atoms with Crippen molar-refractivity contribution < 1.29 is 15.0 Å². The molecule has 1 fully saturated rings. The summed E-state index contributed by atoms with van der Waals surface area (Å²) in [6, 6.07) is 0. The zero-order valence-corrected chi connectivity index (χ0v) is 8.48. The van der Waals surface area contributed by atoms with Crippen molar-refractivity contribution in [1.82, 2.24) is 4.90 Å². The Morgan fingerprint density at radius 2 is 2.21 bits per heavy atom. The number of aliphatic hydroxyl groups is 1. The van der Waals surface area contributed by atoms with E-state index in [1.165, 1.54) is 4.90 Å². The molecule has 2 N–H and O–H groups in total. The third-order valence-corrected chi connectivity index (χ3v) is 2.81. The molecular weight excluding hydrogens is 182 g/mol. The van der Waals surface area contributed by atoms with Crippen LogP contribution in [0.5, 0.6) is 0 Å². The van der Waals surface area contributed by atoms with Crippen molar-refractivity contribution in [3.8, 4) is 0 Å². The summed E-state index contributed by atoms with van der Waals surface area (Å²) in [6.07, 6.45) is 4.21. The lowest BCUT2D eigenvalue weighted by atomic mass is 9.93. The van der Waals surface area contributed by atoms with Crippen LogP contribution in [0, 0.1) is 5.92 Å². The Morgan fingerprint density at radius 1 is 1.43 bits per heavy atom. The van der Waals surface area contributed by atoms with Gasteiger partial charge in [0.25, 0.3) is 0 Å². The summed E-state index contributed by atoms with van der Waals surface area (Å²) in [6.45, 7) is 1.61. The number of likely N-dealkylation sites (tertiary alicyclic amines) is 1. The quantitative estimate of drug-likeness (QED) is 0.678. The Bertz CT molecular complexity index is 184. The molecule has 4 nitrogen and oxygen atoms in total. The fourth-order valence-corrected chi connectivity index (χ4v) is 2.02. The summed E-state index contributed by atoms with van der Waals surface area (Å²) >= 11 is 0. The van der Waals surface area contributed by atoms with Gasteiger partial charge in [0.1, 0.15) is 0 Å². The maximum Gasteiger partial charge on any atom is 0.407 e. The Balaban J connectivity index is 2.22. The zero-order valence-electron chi connectivity index (χ0n) is 8.48. The summed E-state index contributed by atoms with van der Waals surface area (Å²) in [4.78, 5) is 12.2. The van der Waals surface area contributed by atoms with Crippen LogP contribution in [0.15, 0.2) is 0 Å². The number of hydrogen-bond acceptors (Lipinski definition) is 2. The van der Waals surface area contributed by atoms with E-state index in [9.17, 15) is 4.79 Å². The Hall–Kier alpha value is -0.770. The van der Waals surface area contributed by atoms with Crippen molar-refractivity contribution in [2.24, 2.45) is 5.92 Å². The predicted octanol–water partition coefficient (Wildman–Crippen LogP) is 1.54. The first-order valence-corrected chi connectivity index (χ1v) is 5.32. The molecule has 0 bridgehead atoms. The molecule has 82 valence electrons. The van der Waals surface area contributed by atoms with Crippen LogP contribution in [-0.2, 0) is 0 Å². The molecule has 1 aliphatic heterocycles. The van der Waals surface area contributed by atoms with E-state index in [2.05, 4.69) is 0 Å². The molecule has 0 spiro atoms. The minimum Gasteiger partial charge on any atom is -0.465 e. The van der Waals surface area contributed by atoms with Gasteiger partial charge in [-0.3, -0.25) is 0 Å². The number of nitrogens with zero attached hydrogens (tertiary/aromatic N) is 1. The van der Waals surface area contributed by atoms with E-state index in [-0.39, 0.29) is 6.61 Å². The van der Waals surface area contributed by atoms with Crippen LogP contribution in [-0.4, -0.2) is 40.9 Å². The molecule has 1 aliphatic rings. The first kappa shape index (κ1) is 11.3. The summed E-state index contributed by atoms with van der Waals surface area (Å²) in [7, 11) is 0. The number of aliphatic hydroxyl groups excluding tert-OH is 1. The zero-order chi connectivity index (χ0) is 10.4. The molecule has 0 aromatic carbocycles. The number of unbranched alkanes of at least 4 members (excludes halogenated alkanes) is 1. The van der Waals surface area contributed by atoms with Gasteiger partial charge in [-0.15, -0.1) is 0 Å². The maximum atomic E-state index is 10.7. The summed E-state index contributed by atoms with van der Waals surface area (Å²) < 4.78 is 0. The largest absolute Gasteiger partial charge is 0.465 e. The van der Waals surface area contributed by atoms with E-state index in [4.69, 9.17) is 10.2 Å². The number of rotatable bonds is 4. The highest BCUT2D eigenvalue weighted by Crippen LogP contribution is 2.21. The van der Waals surface area contributed by atoms with Crippen molar-refractivity contribution in [2.45, 2.75) is 32.1 Å². The highest BCUT2D eigenvalue weighted by Gasteiger charge is 2.22. The average Bonchev–Trinajstić information content (AvgIpc) is 2.19. The van der Waals surface area contributed by atoms with Crippen LogP contribution in [0.3, 0.4) is 0 Å². The second-order valence-corrected chi connectivity index (χ2v) is 3.96. The van der Waals surface area contributed by atoms with E-state index >= 15 is 0 Å². The molecule has 4 heteroatoms. The van der Waals surface area contributed by atoms with E-state index < -0.39 is 6.09 Å². The Morgan fingerprint density at radius 3 is 2.86 bits per heavy atom. The van der Waals surface area contributed by atoms with Gasteiger partial charge in [-0.2, -0.15) is 0 Å². The van der Waals surface area contributed by atoms with Crippen LogP contribution in [0.2, 0.25) is 0 Å². The van der Waals surface area contributed by atoms with Crippen LogP contribution < -0.4 is 0 Å². The first-order valence-electron chi connectivity index (χ1n) is 5.32. The molecule has 1 amide bonds. The fraction of sp³-hybridized carbons (Fsp3) is 0.900. The summed E-state index contributed by atoms with van der Waals surface area (Å²) in [5.41, 5.74) is 0. The third kappa shape index (κ3) is 3.54. The number of amides is 1. The molecule has 1 rings (SSSR count). The minimum absolute atomic E-state index is 0.245. The summed E-state index contributed by atoms with van der Waals surface area (Å²) in [5.74, 6) is 0.506. The highest BCUT2D eigenvalue weighted by molar-refractivity contribution is 5.65. The molecular formula is C10H19NO3. The highest BCUT2D eigenvalue weighted by atomic mass is 16.4. The molecule has 0 aromatic rings. The number of hydrogen-bond donors (Lipinski definition) is 2. The molecule has 0 aliphatic carbocycles. The number of carbonyl (C=O) groups is 1. The van der Waals surface area contributed by atoms with Crippen LogP contribution in [0.4, 0.5) is 4.79 Å². The lowest BCUT2D eigenvalue weighted by Crippen LogP contribution is -2.38. The van der Waals surface area contributed by atoms with E-state index in [0.29, 0.717) is 19.0 Å². The Kier molecular flexibility index (Phi) is 4.73. The van der Waals surface area contributed by atoms with E-state index in [1.54, 1.807) is 0 Å². The van der Waals surface area contributed by atoms with Crippen molar-refractivity contribution in [1.29, 1.82) is 0 Å². The van der Waals surface area contributed by atoms with Crippen molar-refractivity contribution in [3.05, 3.63) is 0 Å². The lowest BCUT2D eigenvalue weighted by molar-refractivity contribution is 0.117. The van der Waals surface area contributed by atoms with Crippen LogP contribution in [0.1, 0.15) is 32.1 Å². The van der Waals surface area contributed by atoms with Gasteiger partial charge in [-0.05, 0) is 31.6 Å². The van der Waals surface area contributed by atoms with Gasteiger partial charge in [-0.1, -0.05) is 6.42 Å². The van der Waals surface area contributed by atoms with Crippen LogP contribution in [0.25, 0.3) is 0 Å². The Labute approximate surface area is 84.5 Å². The number of carboxylic acid groups (broad SMARTS) is 1. The van der Waals surface area contributed by atoms with Gasteiger partial charge >= 0.3 is 6.09 Å². The monoisotopic (exact) mass is 201 g/mol. The SMILES string of the molecule is O=C(O)N1CCC[C@H](CCCCO)C1. The first-order chi connectivity index (χ1) is 6.74. The van der Waals surface area contributed by atoms with Gasteiger partial charge in [0.05, 0.1) is 0 Å². The summed E-state index contributed by atoms with van der Waals surface area (Å²) in [5, 5.41) is 17.4. The smallest absolute Gasteiger partial charge is 0.407 e. The average molecular weight is 201 g/mol. The number of piperidine rings is 1. The van der Waals surface area contributed by atoms with E-state index in [1.807, 2.05) is 0 Å². The van der Waals surface area contributed by atoms with Crippen molar-refractivity contribution in [3.63, 3.8) is 0 Å². The fourth-order valence-electron chi connectivity index (χ4n) is 2.02. The lowest BCUT2D eigenvalue weighted by Gasteiger charge is -2.30. The third-order valence-electron chi connectivity index (χ3n) is 2.81. The van der Waals surface area contributed by atoms with Gasteiger partial charge in [-0.25, -0.2) is 4.79 Å². The molecule has 0 aromatic heterocycles. The predicted molar refractivity (Wildman–Crippen MR) is 53.3 cm³/mol. The second kappa shape index (κ2) is 5.86. The van der Waals surface area contributed by atoms with Gasteiger partial charge in [0.2, 0.25) is 0 Å². The molecule has 0 unspecified atom stereocenters. The molecule has 14 heavy (non-hydrogen) atoms. The molecule has 1 saturated heterocycles. The molecule has 0 radical (unpaired) electrons. The molecule has 1 heterocycles. The van der Waals surface area contributed by atoms with Gasteiger partial charge in [0, 0.05) is 19.7 Å². The molecule has 1 atom stereocenters. The normalized spacial score (nSPS) is 22.4. The topological polar surface area (TPSA) is 60.8 Å². The molecule has 0 saturated carbocycles. The van der Waals surface area contributed by atoms with Gasteiger partial charge < -0.3 is 15.1 Å². The van der Waals surface area contributed by atoms with Crippen molar-refractivity contribution >= 4 is 6.09 Å². The minimum atomic E-state index is -0.795. The van der Waals surface area contributed by atoms with Gasteiger partial charge in [0.15, 0.2) is 0 Å². The standard InChI is InChI=1S/C10H19NO3/c12-7-2-1-4-9-5-3-6-11(8-9)10(13)14/h9,12H,1-8H2,(H,13,14)/t9-/m0/s1. The second-order valence-electron chi connectivity index (χ2n) is 3.96. The van der Waals surface area contributed by atoms with Crippen LogP contribution >= 0.6 is 0 Å². The van der Waals surface area contributed by atoms with Crippen molar-refractivity contribution in [2.75, 3.05) is 19.7 Å². The maximum absolute atomic E-state index is 10.7. The van der Waals surface area contributed by atoms with E-state index in [0.717, 1.165) is 32.1 Å².